The van der Waals surface area contributed by atoms with Gasteiger partial charge in [-0.3, -0.25) is 14.6 Å². The van der Waals surface area contributed by atoms with Crippen LogP contribution in [-0.2, 0) is 10.0 Å². The number of rotatable bonds is 8. The van der Waals surface area contributed by atoms with Crippen LogP contribution in [0.4, 0.5) is 5.69 Å². The number of nitrogens with zero attached hydrogens (tertiary/aromatic N) is 2. The topological polar surface area (TPSA) is 129 Å². The van der Waals surface area contributed by atoms with Crippen molar-refractivity contribution in [3.8, 4) is 17.2 Å². The van der Waals surface area contributed by atoms with Gasteiger partial charge in [-0.05, 0) is 60.7 Å². The standard InChI is InChI=1S/C29H24N4O6S/c1-30-29(35)26-17-22(14-15-31-26)39-20-10-8-19(9-11-20)32-28(34)25-18-33(27-13-12-21(38-2)16-24(25)27)40(36,37)23-6-4-3-5-7-23/h3-18H,1-2H3,(H,30,35)(H,32,34). The Bertz CT molecular complexity index is 1820. The summed E-state index contributed by atoms with van der Waals surface area (Å²) in [7, 11) is -0.958. The molecule has 5 aromatic rings. The lowest BCUT2D eigenvalue weighted by Crippen LogP contribution is -2.18. The van der Waals surface area contributed by atoms with E-state index < -0.39 is 15.9 Å². The summed E-state index contributed by atoms with van der Waals surface area (Å²) in [6, 6.07) is 22.6. The molecule has 0 aliphatic carbocycles. The van der Waals surface area contributed by atoms with Crippen molar-refractivity contribution in [1.82, 2.24) is 14.3 Å². The fraction of sp³-hybridized carbons (Fsp3) is 0.0690. The van der Waals surface area contributed by atoms with Crippen molar-refractivity contribution in [3.63, 3.8) is 0 Å². The van der Waals surface area contributed by atoms with Gasteiger partial charge in [0.25, 0.3) is 21.8 Å². The molecule has 2 N–H and O–H groups in total. The normalized spacial score (nSPS) is 11.2. The Morgan fingerprint density at radius 2 is 1.57 bits per heavy atom. The van der Waals surface area contributed by atoms with Gasteiger partial charge < -0.3 is 20.1 Å². The van der Waals surface area contributed by atoms with Crippen LogP contribution in [0.5, 0.6) is 17.2 Å². The van der Waals surface area contributed by atoms with E-state index in [0.717, 1.165) is 3.97 Å². The molecule has 11 heteroatoms. The minimum absolute atomic E-state index is 0.0990. The Labute approximate surface area is 230 Å². The average Bonchev–Trinajstić information content (AvgIpc) is 3.38. The highest BCUT2D eigenvalue weighted by Crippen LogP contribution is 2.30. The van der Waals surface area contributed by atoms with Gasteiger partial charge in [-0.2, -0.15) is 0 Å². The molecule has 0 atom stereocenters. The first kappa shape index (κ1) is 26.4. The molecule has 0 saturated heterocycles. The van der Waals surface area contributed by atoms with Crippen LogP contribution in [0.1, 0.15) is 20.8 Å². The molecule has 0 spiro atoms. The molecule has 0 radical (unpaired) electrons. The van der Waals surface area contributed by atoms with E-state index in [1.54, 1.807) is 66.7 Å². The molecule has 0 aliphatic heterocycles. The molecule has 2 heterocycles. The van der Waals surface area contributed by atoms with Crippen LogP contribution in [0.2, 0.25) is 0 Å². The smallest absolute Gasteiger partial charge is 0.269 e. The quantitative estimate of drug-likeness (QED) is 0.284. The number of fused-ring (bicyclic) bond motifs is 1. The van der Waals surface area contributed by atoms with Crippen molar-refractivity contribution < 1.29 is 27.5 Å². The van der Waals surface area contributed by atoms with Gasteiger partial charge in [-0.15, -0.1) is 0 Å². The van der Waals surface area contributed by atoms with Gasteiger partial charge >= 0.3 is 0 Å². The molecule has 0 aliphatic rings. The van der Waals surface area contributed by atoms with Crippen molar-refractivity contribution in [2.45, 2.75) is 4.90 Å². The zero-order valence-corrected chi connectivity index (χ0v) is 22.3. The SMILES string of the molecule is CNC(=O)c1cc(Oc2ccc(NC(=O)c3cn(S(=O)(=O)c4ccccc4)c4ccc(OC)cc34)cc2)ccn1. The number of methoxy groups -OCH3 is 1. The maximum absolute atomic E-state index is 13.4. The highest BCUT2D eigenvalue weighted by Gasteiger charge is 2.24. The number of ether oxygens (including phenoxy) is 2. The first-order chi connectivity index (χ1) is 19.3. The second kappa shape index (κ2) is 10.9. The molecular formula is C29H24N4O6S. The average molecular weight is 557 g/mol. The van der Waals surface area contributed by atoms with E-state index in [9.17, 15) is 18.0 Å². The van der Waals surface area contributed by atoms with Crippen LogP contribution < -0.4 is 20.1 Å². The lowest BCUT2D eigenvalue weighted by molar-refractivity contribution is 0.0957. The minimum atomic E-state index is -3.97. The van der Waals surface area contributed by atoms with Crippen molar-refractivity contribution in [3.05, 3.63) is 109 Å². The number of pyridine rings is 1. The Morgan fingerprint density at radius 3 is 2.27 bits per heavy atom. The maximum atomic E-state index is 13.4. The number of anilines is 1. The number of nitrogens with one attached hydrogen (secondary N) is 2. The van der Waals surface area contributed by atoms with Crippen LogP contribution in [-0.4, -0.2) is 43.3 Å². The first-order valence-corrected chi connectivity index (χ1v) is 13.5. The Hall–Kier alpha value is -5.16. The zero-order valence-electron chi connectivity index (χ0n) is 21.5. The van der Waals surface area contributed by atoms with Crippen LogP contribution in [0.25, 0.3) is 10.9 Å². The molecule has 3 aromatic carbocycles. The van der Waals surface area contributed by atoms with E-state index in [4.69, 9.17) is 9.47 Å². The van der Waals surface area contributed by atoms with Crippen molar-refractivity contribution in [2.75, 3.05) is 19.5 Å². The molecule has 2 amide bonds. The molecule has 10 nitrogen and oxygen atoms in total. The summed E-state index contributed by atoms with van der Waals surface area (Å²) in [6.45, 7) is 0. The highest BCUT2D eigenvalue weighted by molar-refractivity contribution is 7.90. The third-order valence-corrected chi connectivity index (χ3v) is 7.75. The van der Waals surface area contributed by atoms with Crippen molar-refractivity contribution >= 4 is 38.4 Å². The Kier molecular flexibility index (Phi) is 7.21. The summed E-state index contributed by atoms with van der Waals surface area (Å²) in [4.78, 5) is 29.3. The van der Waals surface area contributed by atoms with Gasteiger partial charge in [0.15, 0.2) is 0 Å². The third kappa shape index (κ3) is 5.22. The van der Waals surface area contributed by atoms with Crippen molar-refractivity contribution in [2.24, 2.45) is 0 Å². The second-order valence-electron chi connectivity index (χ2n) is 8.58. The second-order valence-corrected chi connectivity index (χ2v) is 10.4. The molecule has 202 valence electrons. The van der Waals surface area contributed by atoms with E-state index in [0.29, 0.717) is 33.8 Å². The number of hydrogen-bond acceptors (Lipinski definition) is 7. The molecule has 0 unspecified atom stereocenters. The summed E-state index contributed by atoms with van der Waals surface area (Å²) in [5, 5.41) is 5.73. The summed E-state index contributed by atoms with van der Waals surface area (Å²) in [5.74, 6) is 0.542. The monoisotopic (exact) mass is 556 g/mol. The Balaban J connectivity index is 1.42. The van der Waals surface area contributed by atoms with Crippen LogP contribution in [0.15, 0.2) is 102 Å². The van der Waals surface area contributed by atoms with E-state index >= 15 is 0 Å². The predicted octanol–water partition coefficient (Wildman–Crippen LogP) is 4.69. The largest absolute Gasteiger partial charge is 0.497 e. The number of carbonyl (C=O) groups is 2. The minimum Gasteiger partial charge on any atom is -0.497 e. The first-order valence-electron chi connectivity index (χ1n) is 12.1. The highest BCUT2D eigenvalue weighted by atomic mass is 32.2. The lowest BCUT2D eigenvalue weighted by Gasteiger charge is -2.09. The zero-order chi connectivity index (χ0) is 28.3. The molecule has 0 bridgehead atoms. The van der Waals surface area contributed by atoms with E-state index in [1.165, 1.54) is 44.8 Å². The fourth-order valence-electron chi connectivity index (χ4n) is 4.06. The fourth-order valence-corrected chi connectivity index (χ4v) is 5.45. The van der Waals surface area contributed by atoms with Gasteiger partial charge in [0.2, 0.25) is 0 Å². The van der Waals surface area contributed by atoms with E-state index in [1.807, 2.05) is 0 Å². The number of benzene rings is 3. The molecule has 0 saturated carbocycles. The number of aromatic nitrogens is 2. The van der Waals surface area contributed by atoms with Gasteiger partial charge in [0.1, 0.15) is 22.9 Å². The molecular weight excluding hydrogens is 532 g/mol. The van der Waals surface area contributed by atoms with E-state index in [-0.39, 0.29) is 22.1 Å². The predicted molar refractivity (Wildman–Crippen MR) is 150 cm³/mol. The van der Waals surface area contributed by atoms with Gasteiger partial charge in [-0.1, -0.05) is 18.2 Å². The molecule has 0 fully saturated rings. The number of carbonyl (C=O) groups excluding carboxylic acids is 2. The lowest BCUT2D eigenvalue weighted by atomic mass is 10.1. The van der Waals surface area contributed by atoms with Crippen LogP contribution in [0.3, 0.4) is 0 Å². The summed E-state index contributed by atoms with van der Waals surface area (Å²) < 4.78 is 39.1. The van der Waals surface area contributed by atoms with Crippen molar-refractivity contribution in [1.29, 1.82) is 0 Å². The summed E-state index contributed by atoms with van der Waals surface area (Å²) in [5.41, 5.74) is 1.18. The number of hydrogen-bond donors (Lipinski definition) is 2. The van der Waals surface area contributed by atoms with E-state index in [2.05, 4.69) is 15.6 Å². The van der Waals surface area contributed by atoms with Crippen LogP contribution in [0, 0.1) is 0 Å². The maximum Gasteiger partial charge on any atom is 0.269 e. The summed E-state index contributed by atoms with van der Waals surface area (Å²) >= 11 is 0. The van der Waals surface area contributed by atoms with Gasteiger partial charge in [0, 0.05) is 36.6 Å². The Morgan fingerprint density at radius 1 is 0.850 bits per heavy atom. The van der Waals surface area contributed by atoms with Gasteiger partial charge in [0.05, 0.1) is 23.1 Å². The molecule has 5 rings (SSSR count). The molecule has 40 heavy (non-hydrogen) atoms. The number of amides is 2. The van der Waals surface area contributed by atoms with Gasteiger partial charge in [-0.25, -0.2) is 12.4 Å². The molecule has 2 aromatic heterocycles. The summed E-state index contributed by atoms with van der Waals surface area (Å²) in [6.07, 6.45) is 2.78. The van der Waals surface area contributed by atoms with Crippen LogP contribution >= 0.6 is 0 Å². The third-order valence-electron chi connectivity index (χ3n) is 6.06.